The maximum Gasteiger partial charge on any atom is 0.336 e. The Morgan fingerprint density at radius 2 is 1.90 bits per heavy atom. The van der Waals surface area contributed by atoms with Crippen molar-refractivity contribution < 1.29 is 9.90 Å². The van der Waals surface area contributed by atoms with Crippen molar-refractivity contribution in [1.82, 2.24) is 5.32 Å². The van der Waals surface area contributed by atoms with Crippen molar-refractivity contribution in [3.8, 4) is 0 Å². The van der Waals surface area contributed by atoms with Gasteiger partial charge in [0.05, 0.1) is 5.56 Å². The number of nitrogens with one attached hydrogen (secondary N) is 1. The first kappa shape index (κ1) is 14.1. The van der Waals surface area contributed by atoms with E-state index in [0.717, 1.165) is 22.0 Å². The summed E-state index contributed by atoms with van der Waals surface area (Å²) in [6.45, 7) is 8.12. The number of allylic oxidation sites excluding steroid dienone is 1. The normalized spacial score (nSPS) is 10.8. The molecule has 0 atom stereocenters. The van der Waals surface area contributed by atoms with Gasteiger partial charge >= 0.3 is 5.97 Å². The number of carboxylic acid groups (broad SMARTS) is 1. The van der Waals surface area contributed by atoms with Gasteiger partial charge in [0.1, 0.15) is 0 Å². The second kappa shape index (κ2) is 5.78. The first-order valence-corrected chi connectivity index (χ1v) is 6.67. The molecule has 0 unspecified atom stereocenters. The molecule has 0 spiro atoms. The Kier molecular flexibility index (Phi) is 4.08. The van der Waals surface area contributed by atoms with E-state index < -0.39 is 5.97 Å². The highest BCUT2D eigenvalue weighted by atomic mass is 16.4. The minimum absolute atomic E-state index is 0.316. The lowest BCUT2D eigenvalue weighted by atomic mass is 9.96. The maximum atomic E-state index is 11.4. The molecule has 2 aromatic rings. The summed E-state index contributed by atoms with van der Waals surface area (Å²) in [6, 6.07) is 11.5. The SMILES string of the molecule is C=C(Cc1cccc2cccc(C(=O)O)c12)NC(C)C. The standard InChI is InChI=1S/C17H19NO2/c1-11(2)18-12(3)10-14-8-4-6-13-7-5-9-15(16(13)14)17(19)20/h4-9,11,18H,3,10H2,1-2H3,(H,19,20). The highest BCUT2D eigenvalue weighted by molar-refractivity contribution is 6.05. The third-order valence-corrected chi connectivity index (χ3v) is 3.12. The Bertz CT molecular complexity index is 654. The predicted molar refractivity (Wildman–Crippen MR) is 82.0 cm³/mol. The Morgan fingerprint density at radius 1 is 1.25 bits per heavy atom. The van der Waals surface area contributed by atoms with Gasteiger partial charge in [0.25, 0.3) is 0 Å². The number of hydrogen-bond acceptors (Lipinski definition) is 2. The molecule has 0 fully saturated rings. The van der Waals surface area contributed by atoms with E-state index in [-0.39, 0.29) is 0 Å². The van der Waals surface area contributed by atoms with Crippen molar-refractivity contribution in [2.45, 2.75) is 26.3 Å². The van der Waals surface area contributed by atoms with Gasteiger partial charge in [-0.15, -0.1) is 0 Å². The number of benzene rings is 2. The molecule has 3 nitrogen and oxygen atoms in total. The fourth-order valence-electron chi connectivity index (χ4n) is 2.43. The topological polar surface area (TPSA) is 49.3 Å². The highest BCUT2D eigenvalue weighted by Gasteiger charge is 2.12. The van der Waals surface area contributed by atoms with Crippen LogP contribution in [0, 0.1) is 0 Å². The summed E-state index contributed by atoms with van der Waals surface area (Å²) >= 11 is 0. The number of aromatic carboxylic acids is 1. The van der Waals surface area contributed by atoms with Crippen LogP contribution in [0.3, 0.4) is 0 Å². The number of hydrogen-bond donors (Lipinski definition) is 2. The molecule has 0 aliphatic carbocycles. The van der Waals surface area contributed by atoms with Crippen molar-refractivity contribution in [1.29, 1.82) is 0 Å². The lowest BCUT2D eigenvalue weighted by molar-refractivity contribution is 0.0699. The Labute approximate surface area is 118 Å². The molecule has 0 aliphatic rings. The van der Waals surface area contributed by atoms with Gasteiger partial charge in [-0.3, -0.25) is 0 Å². The third kappa shape index (κ3) is 2.99. The zero-order valence-corrected chi connectivity index (χ0v) is 11.8. The summed E-state index contributed by atoms with van der Waals surface area (Å²) in [5, 5.41) is 14.4. The van der Waals surface area contributed by atoms with Crippen LogP contribution in [0.1, 0.15) is 29.8 Å². The van der Waals surface area contributed by atoms with Gasteiger partial charge in [-0.1, -0.05) is 36.9 Å². The first-order valence-electron chi connectivity index (χ1n) is 6.67. The molecule has 0 saturated heterocycles. The largest absolute Gasteiger partial charge is 0.478 e. The maximum absolute atomic E-state index is 11.4. The van der Waals surface area contributed by atoms with Gasteiger partial charge in [0.15, 0.2) is 0 Å². The fraction of sp³-hybridized carbons (Fsp3) is 0.235. The summed E-state index contributed by atoms with van der Waals surface area (Å²) in [7, 11) is 0. The van der Waals surface area contributed by atoms with Crippen LogP contribution < -0.4 is 5.32 Å². The highest BCUT2D eigenvalue weighted by Crippen LogP contribution is 2.24. The fourth-order valence-corrected chi connectivity index (χ4v) is 2.43. The molecule has 0 aliphatic heterocycles. The molecule has 3 heteroatoms. The summed E-state index contributed by atoms with van der Waals surface area (Å²) in [5.41, 5.74) is 2.22. The lowest BCUT2D eigenvalue weighted by Gasteiger charge is -2.15. The van der Waals surface area contributed by atoms with E-state index >= 15 is 0 Å². The van der Waals surface area contributed by atoms with Crippen LogP contribution in [0.25, 0.3) is 10.8 Å². The van der Waals surface area contributed by atoms with Gasteiger partial charge in [-0.25, -0.2) is 4.79 Å². The molecular formula is C17H19NO2. The second-order valence-corrected chi connectivity index (χ2v) is 5.21. The molecule has 0 aromatic heterocycles. The zero-order valence-electron chi connectivity index (χ0n) is 11.8. The molecule has 20 heavy (non-hydrogen) atoms. The van der Waals surface area contributed by atoms with Gasteiger partial charge in [-0.2, -0.15) is 0 Å². The monoisotopic (exact) mass is 269 g/mol. The van der Waals surface area contributed by atoms with Gasteiger partial charge < -0.3 is 10.4 Å². The van der Waals surface area contributed by atoms with Crippen molar-refractivity contribution in [2.24, 2.45) is 0 Å². The van der Waals surface area contributed by atoms with E-state index in [1.54, 1.807) is 12.1 Å². The smallest absolute Gasteiger partial charge is 0.336 e. The molecule has 0 heterocycles. The van der Waals surface area contributed by atoms with E-state index in [0.29, 0.717) is 18.0 Å². The molecule has 0 radical (unpaired) electrons. The minimum Gasteiger partial charge on any atom is -0.478 e. The quantitative estimate of drug-likeness (QED) is 0.872. The molecule has 0 amide bonds. The molecule has 0 saturated carbocycles. The average molecular weight is 269 g/mol. The number of carboxylic acids is 1. The zero-order chi connectivity index (χ0) is 14.7. The van der Waals surface area contributed by atoms with Crippen molar-refractivity contribution in [3.05, 3.63) is 59.8 Å². The Morgan fingerprint density at radius 3 is 2.50 bits per heavy atom. The van der Waals surface area contributed by atoms with E-state index in [1.165, 1.54) is 0 Å². The average Bonchev–Trinajstić information content (AvgIpc) is 2.37. The molecule has 104 valence electrons. The summed E-state index contributed by atoms with van der Waals surface area (Å²) < 4.78 is 0. The molecule has 2 N–H and O–H groups in total. The number of fused-ring (bicyclic) bond motifs is 1. The van der Waals surface area contributed by atoms with Crippen LogP contribution in [0.2, 0.25) is 0 Å². The first-order chi connectivity index (χ1) is 9.49. The van der Waals surface area contributed by atoms with Crippen molar-refractivity contribution in [2.75, 3.05) is 0 Å². The van der Waals surface area contributed by atoms with E-state index in [9.17, 15) is 9.90 Å². The van der Waals surface area contributed by atoms with Crippen LogP contribution >= 0.6 is 0 Å². The summed E-state index contributed by atoms with van der Waals surface area (Å²) in [6.07, 6.45) is 0.625. The van der Waals surface area contributed by atoms with E-state index in [4.69, 9.17) is 0 Å². The van der Waals surface area contributed by atoms with Crippen molar-refractivity contribution >= 4 is 16.7 Å². The number of carbonyl (C=O) groups is 1. The van der Waals surface area contributed by atoms with Crippen LogP contribution in [0.5, 0.6) is 0 Å². The van der Waals surface area contributed by atoms with Crippen molar-refractivity contribution in [3.63, 3.8) is 0 Å². The Balaban J connectivity index is 2.48. The van der Waals surface area contributed by atoms with Gasteiger partial charge in [0.2, 0.25) is 0 Å². The number of rotatable bonds is 5. The predicted octanol–water partition coefficient (Wildman–Crippen LogP) is 3.59. The molecule has 2 aromatic carbocycles. The summed E-state index contributed by atoms with van der Waals surface area (Å²) in [4.78, 5) is 11.4. The van der Waals surface area contributed by atoms with E-state index in [1.807, 2.05) is 24.3 Å². The van der Waals surface area contributed by atoms with Crippen LogP contribution in [-0.4, -0.2) is 17.1 Å². The van der Waals surface area contributed by atoms with Gasteiger partial charge in [-0.05, 0) is 36.2 Å². The molecular weight excluding hydrogens is 250 g/mol. The Hall–Kier alpha value is -2.29. The van der Waals surface area contributed by atoms with Crippen LogP contribution in [0.4, 0.5) is 0 Å². The van der Waals surface area contributed by atoms with Crippen LogP contribution in [0.15, 0.2) is 48.7 Å². The molecule has 2 rings (SSSR count). The minimum atomic E-state index is -0.898. The lowest BCUT2D eigenvalue weighted by Crippen LogP contribution is -2.22. The van der Waals surface area contributed by atoms with Crippen LogP contribution in [-0.2, 0) is 6.42 Å². The summed E-state index contributed by atoms with van der Waals surface area (Å²) in [5.74, 6) is -0.898. The van der Waals surface area contributed by atoms with Gasteiger partial charge in [0, 0.05) is 18.2 Å². The molecule has 0 bridgehead atoms. The van der Waals surface area contributed by atoms with E-state index in [2.05, 4.69) is 25.7 Å². The second-order valence-electron chi connectivity index (χ2n) is 5.21. The third-order valence-electron chi connectivity index (χ3n) is 3.12.